The van der Waals surface area contributed by atoms with E-state index in [2.05, 4.69) is 36.2 Å². The highest BCUT2D eigenvalue weighted by atomic mass is 127. The summed E-state index contributed by atoms with van der Waals surface area (Å²) in [4.78, 5) is 27.2. The third-order valence-electron chi connectivity index (χ3n) is 5.18. The average Bonchev–Trinajstić information content (AvgIpc) is 3.12. The molecular formula is C23H32IN7O. The summed E-state index contributed by atoms with van der Waals surface area (Å²) in [5, 5.41) is 6.37. The Morgan fingerprint density at radius 3 is 2.69 bits per heavy atom. The van der Waals surface area contributed by atoms with Crippen molar-refractivity contribution in [3.05, 3.63) is 60.2 Å². The number of imidazole rings is 1. The second-order valence-corrected chi connectivity index (χ2v) is 7.39. The van der Waals surface area contributed by atoms with Gasteiger partial charge in [-0.25, -0.2) is 4.98 Å². The molecule has 0 saturated heterocycles. The topological polar surface area (TPSA) is 87.4 Å². The number of aromatic nitrogens is 3. The van der Waals surface area contributed by atoms with E-state index in [9.17, 15) is 4.79 Å². The summed E-state index contributed by atoms with van der Waals surface area (Å²) >= 11 is 0. The highest BCUT2D eigenvalue weighted by Gasteiger charge is 2.10. The van der Waals surface area contributed by atoms with Crippen LogP contribution in [0.1, 0.15) is 17.9 Å². The van der Waals surface area contributed by atoms with Gasteiger partial charge in [-0.3, -0.25) is 14.8 Å². The van der Waals surface area contributed by atoms with Crippen molar-refractivity contribution in [2.45, 2.75) is 26.3 Å². The molecule has 2 N–H and O–H groups in total. The SMILES string of the molecule is CN=C(NCCCn1c(C)nc2ccccc21)NCC(=O)N(C)CCc1ccccn1.I. The smallest absolute Gasteiger partial charge is 0.241 e. The molecule has 0 fully saturated rings. The number of aliphatic imine (C=N–C) groups is 1. The van der Waals surface area contributed by atoms with Crippen molar-refractivity contribution in [1.29, 1.82) is 0 Å². The van der Waals surface area contributed by atoms with Gasteiger partial charge in [0, 0.05) is 52.0 Å². The van der Waals surface area contributed by atoms with Crippen molar-refractivity contribution in [3.63, 3.8) is 0 Å². The van der Waals surface area contributed by atoms with E-state index < -0.39 is 0 Å². The van der Waals surface area contributed by atoms with Gasteiger partial charge in [-0.05, 0) is 37.6 Å². The molecule has 1 aromatic carbocycles. The van der Waals surface area contributed by atoms with Gasteiger partial charge >= 0.3 is 0 Å². The van der Waals surface area contributed by atoms with E-state index in [1.165, 1.54) is 0 Å². The molecule has 0 aliphatic heterocycles. The minimum atomic E-state index is 0. The molecule has 2 heterocycles. The predicted octanol–water partition coefficient (Wildman–Crippen LogP) is 2.61. The Bertz CT molecular complexity index is 1020. The van der Waals surface area contributed by atoms with Crippen LogP contribution < -0.4 is 10.6 Å². The zero-order chi connectivity index (χ0) is 22.1. The number of carbonyl (C=O) groups excluding carboxylic acids is 1. The van der Waals surface area contributed by atoms with Gasteiger partial charge in [-0.2, -0.15) is 0 Å². The van der Waals surface area contributed by atoms with Gasteiger partial charge < -0.3 is 20.1 Å². The van der Waals surface area contributed by atoms with Crippen molar-refractivity contribution in [1.82, 2.24) is 30.1 Å². The molecule has 3 rings (SSSR count). The Kier molecular flexibility index (Phi) is 10.4. The van der Waals surface area contributed by atoms with Gasteiger partial charge in [0.05, 0.1) is 17.6 Å². The van der Waals surface area contributed by atoms with E-state index in [4.69, 9.17) is 0 Å². The molecule has 0 radical (unpaired) electrons. The molecule has 172 valence electrons. The third kappa shape index (κ3) is 7.18. The number of hydrogen-bond acceptors (Lipinski definition) is 4. The molecular weight excluding hydrogens is 517 g/mol. The molecule has 0 aliphatic rings. The summed E-state index contributed by atoms with van der Waals surface area (Å²) in [7, 11) is 3.51. The Morgan fingerprint density at radius 1 is 1.16 bits per heavy atom. The summed E-state index contributed by atoms with van der Waals surface area (Å²) in [5.41, 5.74) is 3.16. The van der Waals surface area contributed by atoms with E-state index in [1.807, 2.05) is 43.3 Å². The first-order chi connectivity index (χ1) is 15.1. The fourth-order valence-corrected chi connectivity index (χ4v) is 3.39. The lowest BCUT2D eigenvalue weighted by Crippen LogP contribution is -2.44. The number of benzene rings is 1. The Hall–Kier alpha value is -2.69. The van der Waals surface area contributed by atoms with Gasteiger partial charge in [0.15, 0.2) is 5.96 Å². The molecule has 0 spiro atoms. The molecule has 2 aromatic heterocycles. The summed E-state index contributed by atoms with van der Waals surface area (Å²) in [6.45, 7) is 4.47. The third-order valence-corrected chi connectivity index (χ3v) is 5.18. The summed E-state index contributed by atoms with van der Waals surface area (Å²) in [6, 6.07) is 14.0. The van der Waals surface area contributed by atoms with Crippen molar-refractivity contribution in [2.75, 3.05) is 33.7 Å². The van der Waals surface area contributed by atoms with Crippen LogP contribution in [0.3, 0.4) is 0 Å². The van der Waals surface area contributed by atoms with Crippen molar-refractivity contribution < 1.29 is 4.79 Å². The second-order valence-electron chi connectivity index (χ2n) is 7.39. The Labute approximate surface area is 206 Å². The number of likely N-dealkylation sites (N-methyl/N-ethyl adjacent to an activating group) is 1. The Balaban J connectivity index is 0.00000363. The van der Waals surface area contributed by atoms with E-state index in [0.29, 0.717) is 12.5 Å². The van der Waals surface area contributed by atoms with Crippen LogP contribution in [0, 0.1) is 6.92 Å². The summed E-state index contributed by atoms with van der Waals surface area (Å²) in [5.74, 6) is 1.65. The number of pyridine rings is 1. The minimum absolute atomic E-state index is 0. The van der Waals surface area contributed by atoms with Crippen LogP contribution in [-0.2, 0) is 17.8 Å². The quantitative estimate of drug-likeness (QED) is 0.186. The first-order valence-electron chi connectivity index (χ1n) is 10.6. The number of aryl methyl sites for hydroxylation is 2. The lowest BCUT2D eigenvalue weighted by atomic mass is 10.2. The molecule has 9 heteroatoms. The van der Waals surface area contributed by atoms with Crippen LogP contribution in [0.5, 0.6) is 0 Å². The van der Waals surface area contributed by atoms with Crippen LogP contribution in [0.25, 0.3) is 11.0 Å². The number of halogens is 1. The largest absolute Gasteiger partial charge is 0.356 e. The van der Waals surface area contributed by atoms with Crippen molar-refractivity contribution in [2.24, 2.45) is 4.99 Å². The number of carbonyl (C=O) groups is 1. The van der Waals surface area contributed by atoms with E-state index in [1.54, 1.807) is 25.2 Å². The normalized spacial score (nSPS) is 11.2. The molecule has 0 unspecified atom stereocenters. The number of nitrogens with one attached hydrogen (secondary N) is 2. The number of amides is 1. The maximum Gasteiger partial charge on any atom is 0.241 e. The number of para-hydroxylation sites is 2. The number of hydrogen-bond donors (Lipinski definition) is 2. The number of guanidine groups is 1. The minimum Gasteiger partial charge on any atom is -0.356 e. The molecule has 1 amide bonds. The molecule has 0 saturated carbocycles. The van der Waals surface area contributed by atoms with Gasteiger partial charge in [-0.15, -0.1) is 24.0 Å². The first-order valence-corrected chi connectivity index (χ1v) is 10.6. The maximum absolute atomic E-state index is 12.4. The fourth-order valence-electron chi connectivity index (χ4n) is 3.39. The lowest BCUT2D eigenvalue weighted by Gasteiger charge is -2.18. The lowest BCUT2D eigenvalue weighted by molar-refractivity contribution is -0.128. The number of fused-ring (bicyclic) bond motifs is 1. The molecule has 32 heavy (non-hydrogen) atoms. The first kappa shape index (κ1) is 25.6. The monoisotopic (exact) mass is 549 g/mol. The van der Waals surface area contributed by atoms with E-state index in [0.717, 1.165) is 48.5 Å². The van der Waals surface area contributed by atoms with Gasteiger partial charge in [-0.1, -0.05) is 18.2 Å². The molecule has 0 bridgehead atoms. The highest BCUT2D eigenvalue weighted by molar-refractivity contribution is 14.0. The van der Waals surface area contributed by atoms with E-state index >= 15 is 0 Å². The van der Waals surface area contributed by atoms with Crippen LogP contribution in [0.2, 0.25) is 0 Å². The van der Waals surface area contributed by atoms with Crippen molar-refractivity contribution >= 4 is 46.9 Å². The molecule has 0 atom stereocenters. The maximum atomic E-state index is 12.4. The Morgan fingerprint density at radius 2 is 1.94 bits per heavy atom. The van der Waals surface area contributed by atoms with Crippen LogP contribution in [0.15, 0.2) is 53.7 Å². The van der Waals surface area contributed by atoms with Crippen LogP contribution in [0.4, 0.5) is 0 Å². The van der Waals surface area contributed by atoms with Gasteiger partial charge in [0.2, 0.25) is 5.91 Å². The standard InChI is InChI=1S/C23H31N7O.HI/c1-18-28-20-10-4-5-11-21(20)30(18)15-8-14-26-23(24-2)27-17-22(31)29(3)16-12-19-9-6-7-13-25-19;/h4-7,9-11,13H,8,12,14-17H2,1-3H3,(H2,24,26,27);1H. The zero-order valence-electron chi connectivity index (χ0n) is 18.9. The number of nitrogens with zero attached hydrogens (tertiary/aromatic N) is 5. The predicted molar refractivity (Wildman–Crippen MR) is 139 cm³/mol. The van der Waals surface area contributed by atoms with Gasteiger partial charge in [0.1, 0.15) is 5.82 Å². The van der Waals surface area contributed by atoms with Crippen molar-refractivity contribution in [3.8, 4) is 0 Å². The van der Waals surface area contributed by atoms with E-state index in [-0.39, 0.29) is 36.4 Å². The van der Waals surface area contributed by atoms with Crippen LogP contribution >= 0.6 is 24.0 Å². The molecule has 8 nitrogen and oxygen atoms in total. The highest BCUT2D eigenvalue weighted by Crippen LogP contribution is 2.15. The molecule has 0 aliphatic carbocycles. The number of rotatable bonds is 9. The van der Waals surface area contributed by atoms with Gasteiger partial charge in [0.25, 0.3) is 0 Å². The molecule has 3 aromatic rings. The average molecular weight is 549 g/mol. The second kappa shape index (κ2) is 13.0. The fraction of sp³-hybridized carbons (Fsp3) is 0.391. The zero-order valence-corrected chi connectivity index (χ0v) is 21.2. The summed E-state index contributed by atoms with van der Waals surface area (Å²) < 4.78 is 2.23. The van der Waals surface area contributed by atoms with Crippen LogP contribution in [-0.4, -0.2) is 65.0 Å². The summed E-state index contributed by atoms with van der Waals surface area (Å²) in [6.07, 6.45) is 3.42.